The lowest BCUT2D eigenvalue weighted by molar-refractivity contribution is -0.117. The van der Waals surface area contributed by atoms with Crippen molar-refractivity contribution in [2.45, 2.75) is 59.0 Å². The van der Waals surface area contributed by atoms with Gasteiger partial charge in [-0.25, -0.2) is 4.99 Å². The molecule has 0 atom stereocenters. The van der Waals surface area contributed by atoms with Gasteiger partial charge in [0.2, 0.25) is 0 Å². The molecule has 8 heteroatoms. The van der Waals surface area contributed by atoms with Crippen LogP contribution in [0.15, 0.2) is 39.7 Å². The first-order valence-corrected chi connectivity index (χ1v) is 11.0. The molecule has 1 aliphatic heterocycles. The standard InChI is InChI=1S/C23H34N6O2/c1-6-18(21(24-5)26-23(4)9-10-23)20(16(2)3)22(30)25-15-17-7-8-19(28-27-17)29-11-13-31-14-12-29/h7-8,26H,5-6,9-15H2,1-4H3,(H,25,30)/b21-18-. The molecule has 1 aliphatic carbocycles. The predicted molar refractivity (Wildman–Crippen MR) is 123 cm³/mol. The highest BCUT2D eigenvalue weighted by molar-refractivity contribution is 5.98. The normalized spacial score (nSPS) is 18.0. The van der Waals surface area contributed by atoms with E-state index in [9.17, 15) is 4.79 Å². The number of nitrogens with one attached hydrogen (secondary N) is 2. The summed E-state index contributed by atoms with van der Waals surface area (Å²) in [5.41, 5.74) is 3.24. The van der Waals surface area contributed by atoms with E-state index in [4.69, 9.17) is 4.74 Å². The van der Waals surface area contributed by atoms with E-state index < -0.39 is 0 Å². The third-order valence-electron chi connectivity index (χ3n) is 5.72. The average Bonchev–Trinajstić information content (AvgIpc) is 3.52. The Balaban J connectivity index is 1.69. The average molecular weight is 427 g/mol. The molecule has 168 valence electrons. The summed E-state index contributed by atoms with van der Waals surface area (Å²) >= 11 is 0. The van der Waals surface area contributed by atoms with Gasteiger partial charge in [-0.15, -0.1) is 5.10 Å². The lowest BCUT2D eigenvalue weighted by atomic mass is 9.97. The van der Waals surface area contributed by atoms with Crippen molar-refractivity contribution in [3.8, 4) is 0 Å². The summed E-state index contributed by atoms with van der Waals surface area (Å²) in [6, 6.07) is 3.85. The number of ether oxygens (including phenoxy) is 1. The maximum absolute atomic E-state index is 13.1. The van der Waals surface area contributed by atoms with Crippen LogP contribution < -0.4 is 15.5 Å². The fourth-order valence-corrected chi connectivity index (χ4v) is 3.60. The smallest absolute Gasteiger partial charge is 0.251 e. The zero-order valence-corrected chi connectivity index (χ0v) is 19.1. The number of amides is 1. The molecular formula is C23H34N6O2. The summed E-state index contributed by atoms with van der Waals surface area (Å²) in [5.74, 6) is 1.39. The van der Waals surface area contributed by atoms with Gasteiger partial charge < -0.3 is 20.3 Å². The largest absolute Gasteiger partial charge is 0.378 e. The van der Waals surface area contributed by atoms with E-state index in [1.165, 1.54) is 0 Å². The molecule has 2 fully saturated rings. The van der Waals surface area contributed by atoms with Crippen LogP contribution in [-0.2, 0) is 16.1 Å². The Labute approximate surface area is 184 Å². The van der Waals surface area contributed by atoms with Crippen molar-refractivity contribution in [2.75, 3.05) is 31.2 Å². The van der Waals surface area contributed by atoms with Crippen LogP contribution in [0.3, 0.4) is 0 Å². The van der Waals surface area contributed by atoms with Crippen LogP contribution in [0, 0.1) is 0 Å². The van der Waals surface area contributed by atoms with E-state index in [1.807, 2.05) is 32.9 Å². The van der Waals surface area contributed by atoms with Gasteiger partial charge in [0.1, 0.15) is 5.82 Å². The van der Waals surface area contributed by atoms with E-state index in [0.29, 0.717) is 43.3 Å². The number of hydrogen-bond donors (Lipinski definition) is 2. The van der Waals surface area contributed by atoms with Crippen LogP contribution in [0.4, 0.5) is 5.82 Å². The zero-order chi connectivity index (χ0) is 22.4. The van der Waals surface area contributed by atoms with Crippen LogP contribution in [-0.4, -0.2) is 54.7 Å². The highest BCUT2D eigenvalue weighted by Crippen LogP contribution is 2.36. The number of allylic oxidation sites excluding steroid dienone is 1. The number of carbonyl (C=O) groups excluding carboxylic acids is 1. The molecule has 0 spiro atoms. The van der Waals surface area contributed by atoms with Gasteiger partial charge in [0.15, 0.2) is 5.82 Å². The molecule has 0 radical (unpaired) electrons. The van der Waals surface area contributed by atoms with Crippen molar-refractivity contribution < 1.29 is 9.53 Å². The molecule has 3 rings (SSSR count). The SMILES string of the molecule is C=N/C(NC1(C)CC1)=C(\CC)C(C(=O)NCc1ccc(N2CCOCC2)nn1)=C(C)C. The van der Waals surface area contributed by atoms with Crippen molar-refractivity contribution in [2.24, 2.45) is 4.99 Å². The Morgan fingerprint density at radius 1 is 1.26 bits per heavy atom. The zero-order valence-electron chi connectivity index (χ0n) is 19.1. The minimum absolute atomic E-state index is 0.0536. The number of nitrogens with zero attached hydrogens (tertiary/aromatic N) is 4. The number of anilines is 1. The van der Waals surface area contributed by atoms with Gasteiger partial charge in [-0.05, 0) is 58.9 Å². The first-order chi connectivity index (χ1) is 14.9. The number of hydrogen-bond acceptors (Lipinski definition) is 7. The van der Waals surface area contributed by atoms with Crippen molar-refractivity contribution >= 4 is 18.4 Å². The Hall–Kier alpha value is -2.74. The second kappa shape index (κ2) is 10.0. The van der Waals surface area contributed by atoms with Crippen LogP contribution in [0.5, 0.6) is 0 Å². The highest BCUT2D eigenvalue weighted by atomic mass is 16.5. The first kappa shape index (κ1) is 22.9. The molecule has 0 unspecified atom stereocenters. The summed E-state index contributed by atoms with van der Waals surface area (Å²) in [6.07, 6.45) is 2.87. The second-order valence-electron chi connectivity index (χ2n) is 8.56. The van der Waals surface area contributed by atoms with Crippen molar-refractivity contribution in [1.82, 2.24) is 20.8 Å². The minimum Gasteiger partial charge on any atom is -0.378 e. The van der Waals surface area contributed by atoms with Gasteiger partial charge in [0.25, 0.3) is 5.91 Å². The molecular weight excluding hydrogens is 392 g/mol. The fourth-order valence-electron chi connectivity index (χ4n) is 3.60. The lowest BCUT2D eigenvalue weighted by Crippen LogP contribution is -2.37. The summed E-state index contributed by atoms with van der Waals surface area (Å²) in [5, 5.41) is 15.1. The molecule has 2 heterocycles. The Kier molecular flexibility index (Phi) is 7.43. The van der Waals surface area contributed by atoms with Crippen LogP contribution in [0.1, 0.15) is 52.7 Å². The molecule has 8 nitrogen and oxygen atoms in total. The molecule has 1 saturated carbocycles. The molecule has 2 aliphatic rings. The molecule has 2 N–H and O–H groups in total. The van der Waals surface area contributed by atoms with Crippen molar-refractivity contribution in [1.29, 1.82) is 0 Å². The van der Waals surface area contributed by atoms with Gasteiger partial charge in [0.05, 0.1) is 25.5 Å². The number of aromatic nitrogens is 2. The Morgan fingerprint density at radius 2 is 1.97 bits per heavy atom. The van der Waals surface area contributed by atoms with Gasteiger partial charge in [-0.2, -0.15) is 5.10 Å². The van der Waals surface area contributed by atoms with Gasteiger partial charge >= 0.3 is 0 Å². The molecule has 1 aromatic heterocycles. The van der Waals surface area contributed by atoms with Gasteiger partial charge in [0, 0.05) is 29.8 Å². The van der Waals surface area contributed by atoms with Crippen LogP contribution >= 0.6 is 0 Å². The molecule has 31 heavy (non-hydrogen) atoms. The predicted octanol–water partition coefficient (Wildman–Crippen LogP) is 2.73. The van der Waals surface area contributed by atoms with E-state index in [-0.39, 0.29) is 11.4 Å². The Bertz CT molecular complexity index is 861. The molecule has 1 amide bonds. The topological polar surface area (TPSA) is 91.7 Å². The lowest BCUT2D eigenvalue weighted by Gasteiger charge is -2.27. The van der Waals surface area contributed by atoms with Crippen LogP contribution in [0.25, 0.3) is 0 Å². The highest BCUT2D eigenvalue weighted by Gasteiger charge is 2.38. The summed E-state index contributed by atoms with van der Waals surface area (Å²) in [4.78, 5) is 19.5. The molecule has 0 aromatic carbocycles. The first-order valence-electron chi connectivity index (χ1n) is 11.0. The van der Waals surface area contributed by atoms with Crippen LogP contribution in [0.2, 0.25) is 0 Å². The van der Waals surface area contributed by atoms with E-state index in [1.54, 1.807) is 0 Å². The molecule has 1 saturated heterocycles. The summed E-state index contributed by atoms with van der Waals surface area (Å²) in [7, 11) is 0. The Morgan fingerprint density at radius 3 is 2.48 bits per heavy atom. The maximum Gasteiger partial charge on any atom is 0.251 e. The van der Waals surface area contributed by atoms with E-state index >= 15 is 0 Å². The second-order valence-corrected chi connectivity index (χ2v) is 8.56. The number of rotatable bonds is 9. The van der Waals surface area contributed by atoms with Gasteiger partial charge in [-0.1, -0.05) is 12.5 Å². The maximum atomic E-state index is 13.1. The fraction of sp³-hybridized carbons (Fsp3) is 0.565. The third-order valence-corrected chi connectivity index (χ3v) is 5.72. The van der Waals surface area contributed by atoms with Gasteiger partial charge in [-0.3, -0.25) is 4.79 Å². The summed E-state index contributed by atoms with van der Waals surface area (Å²) in [6.45, 7) is 15.2. The number of aliphatic imine (C=N–C) groups is 1. The summed E-state index contributed by atoms with van der Waals surface area (Å²) < 4.78 is 5.37. The van der Waals surface area contributed by atoms with Crippen molar-refractivity contribution in [3.05, 3.63) is 40.4 Å². The third kappa shape index (κ3) is 5.91. The van der Waals surface area contributed by atoms with Crippen molar-refractivity contribution in [3.63, 3.8) is 0 Å². The number of morpholine rings is 1. The van der Waals surface area contributed by atoms with E-state index in [2.05, 4.69) is 44.4 Å². The van der Waals surface area contributed by atoms with E-state index in [0.717, 1.165) is 42.9 Å². The minimum atomic E-state index is -0.139. The quantitative estimate of drug-likeness (QED) is 0.358. The molecule has 1 aromatic rings. The monoisotopic (exact) mass is 426 g/mol. The molecule has 0 bridgehead atoms. The number of carbonyl (C=O) groups is 1.